The van der Waals surface area contributed by atoms with Crippen LogP contribution in [0, 0.1) is 0 Å². The zero-order chi connectivity index (χ0) is 14.7. The molecule has 0 fully saturated rings. The first kappa shape index (κ1) is 14.2. The molecule has 2 aromatic heterocycles. The van der Waals surface area contributed by atoms with Crippen LogP contribution < -0.4 is 0 Å². The van der Waals surface area contributed by atoms with Gasteiger partial charge in [0.1, 0.15) is 11.6 Å². The zero-order valence-electron chi connectivity index (χ0n) is 12.2. The Kier molecular flexibility index (Phi) is 4.17. The summed E-state index contributed by atoms with van der Waals surface area (Å²) >= 11 is 0. The first-order valence-electron chi connectivity index (χ1n) is 6.67. The van der Waals surface area contributed by atoms with E-state index in [0.29, 0.717) is 11.1 Å². The summed E-state index contributed by atoms with van der Waals surface area (Å²) in [5, 5.41) is 0. The quantitative estimate of drug-likeness (QED) is 0.799. The third kappa shape index (κ3) is 3.04. The summed E-state index contributed by atoms with van der Waals surface area (Å²) in [6, 6.07) is 0. The molecule has 20 heavy (non-hydrogen) atoms. The van der Waals surface area contributed by atoms with Crippen molar-refractivity contribution in [1.82, 2.24) is 19.9 Å². The van der Waals surface area contributed by atoms with E-state index in [2.05, 4.69) is 19.9 Å². The maximum Gasteiger partial charge on any atom is 0.199 e. The van der Waals surface area contributed by atoms with E-state index in [0.717, 1.165) is 11.6 Å². The molecule has 2 aromatic rings. The molecule has 0 unspecified atom stereocenters. The molecule has 0 atom stereocenters. The van der Waals surface area contributed by atoms with Crippen LogP contribution in [-0.4, -0.2) is 25.7 Å². The Morgan fingerprint density at radius 1 is 0.750 bits per heavy atom. The van der Waals surface area contributed by atoms with Crippen molar-refractivity contribution in [2.75, 3.05) is 0 Å². The van der Waals surface area contributed by atoms with Gasteiger partial charge < -0.3 is 0 Å². The van der Waals surface area contributed by atoms with E-state index >= 15 is 0 Å². The van der Waals surface area contributed by atoms with Gasteiger partial charge in [-0.05, 0) is 0 Å². The number of aromatic nitrogens is 4. The Bertz CT molecular complexity index is 535. The van der Waals surface area contributed by atoms with Crippen molar-refractivity contribution < 1.29 is 4.79 Å². The van der Waals surface area contributed by atoms with Crippen molar-refractivity contribution in [3.8, 4) is 0 Å². The topological polar surface area (TPSA) is 68.6 Å². The monoisotopic (exact) mass is 270 g/mol. The van der Waals surface area contributed by atoms with E-state index < -0.39 is 0 Å². The fraction of sp³-hybridized carbons (Fsp3) is 0.400. The highest BCUT2D eigenvalue weighted by atomic mass is 16.1. The molecule has 5 heteroatoms. The molecule has 0 aliphatic heterocycles. The minimum Gasteiger partial charge on any atom is -0.288 e. The molecule has 0 aromatic carbocycles. The molecule has 0 bridgehead atoms. The molecular weight excluding hydrogens is 252 g/mol. The van der Waals surface area contributed by atoms with Gasteiger partial charge in [-0.1, -0.05) is 27.7 Å². The van der Waals surface area contributed by atoms with Crippen molar-refractivity contribution in [3.05, 3.63) is 47.6 Å². The molecule has 0 N–H and O–H groups in total. The minimum absolute atomic E-state index is 0.157. The average Bonchev–Trinajstić information content (AvgIpc) is 2.46. The summed E-state index contributed by atoms with van der Waals surface area (Å²) in [6.07, 6.45) is 6.23. The maximum absolute atomic E-state index is 12.2. The Labute approximate surface area is 118 Å². The summed E-state index contributed by atoms with van der Waals surface area (Å²) in [5.41, 5.74) is 0.908. The van der Waals surface area contributed by atoms with Crippen LogP contribution in [0.4, 0.5) is 0 Å². The number of rotatable bonds is 4. The van der Waals surface area contributed by atoms with Crippen molar-refractivity contribution in [1.29, 1.82) is 0 Å². The Morgan fingerprint density at radius 3 is 1.30 bits per heavy atom. The van der Waals surface area contributed by atoms with E-state index in [9.17, 15) is 4.79 Å². The average molecular weight is 270 g/mol. The second-order valence-corrected chi connectivity index (χ2v) is 5.30. The zero-order valence-corrected chi connectivity index (χ0v) is 12.2. The van der Waals surface area contributed by atoms with Crippen LogP contribution in [0.15, 0.2) is 24.8 Å². The summed E-state index contributed by atoms with van der Waals surface area (Å²) in [4.78, 5) is 29.0. The lowest BCUT2D eigenvalue weighted by molar-refractivity contribution is 0.103. The summed E-state index contributed by atoms with van der Waals surface area (Å²) in [6.45, 7) is 8.04. The summed E-state index contributed by atoms with van der Waals surface area (Å²) in [5.74, 6) is 1.79. The standard InChI is InChI=1S/C15H18N4O/c1-9(2)14-16-5-11(6-17-14)13(20)12-7-18-15(10(3)4)19-8-12/h5-10H,1-4H3. The van der Waals surface area contributed by atoms with Gasteiger partial charge in [-0.25, -0.2) is 19.9 Å². The van der Waals surface area contributed by atoms with Crippen LogP contribution in [0.1, 0.15) is 67.1 Å². The molecule has 2 rings (SSSR count). The van der Waals surface area contributed by atoms with Crippen molar-refractivity contribution >= 4 is 5.78 Å². The first-order valence-corrected chi connectivity index (χ1v) is 6.67. The van der Waals surface area contributed by atoms with Gasteiger partial charge in [0, 0.05) is 36.6 Å². The van der Waals surface area contributed by atoms with E-state index in [1.807, 2.05) is 27.7 Å². The largest absolute Gasteiger partial charge is 0.288 e. The Hall–Kier alpha value is -2.17. The third-order valence-electron chi connectivity index (χ3n) is 2.90. The summed E-state index contributed by atoms with van der Waals surface area (Å²) in [7, 11) is 0. The van der Waals surface area contributed by atoms with Crippen LogP contribution >= 0.6 is 0 Å². The second kappa shape index (κ2) is 5.86. The van der Waals surface area contributed by atoms with Gasteiger partial charge in [-0.15, -0.1) is 0 Å². The van der Waals surface area contributed by atoms with Gasteiger partial charge in [0.25, 0.3) is 0 Å². The predicted octanol–water partition coefficient (Wildman–Crippen LogP) is 2.74. The normalized spacial score (nSPS) is 11.1. The molecule has 0 amide bonds. The van der Waals surface area contributed by atoms with Gasteiger partial charge in [0.2, 0.25) is 0 Å². The van der Waals surface area contributed by atoms with Crippen LogP contribution in [0.25, 0.3) is 0 Å². The van der Waals surface area contributed by atoms with E-state index in [-0.39, 0.29) is 17.6 Å². The number of ketones is 1. The lowest BCUT2D eigenvalue weighted by Crippen LogP contribution is -2.07. The molecule has 0 saturated heterocycles. The molecule has 0 aliphatic rings. The number of carbonyl (C=O) groups excluding carboxylic acids is 1. The SMILES string of the molecule is CC(C)c1ncc(C(=O)c2cnc(C(C)C)nc2)cn1. The van der Waals surface area contributed by atoms with Crippen molar-refractivity contribution in [2.45, 2.75) is 39.5 Å². The smallest absolute Gasteiger partial charge is 0.199 e. The molecule has 0 aliphatic carbocycles. The van der Waals surface area contributed by atoms with E-state index in [1.165, 1.54) is 0 Å². The molecule has 5 nitrogen and oxygen atoms in total. The highest BCUT2D eigenvalue weighted by molar-refractivity contribution is 6.08. The fourth-order valence-electron chi connectivity index (χ4n) is 1.67. The first-order chi connectivity index (χ1) is 9.49. The fourth-order valence-corrected chi connectivity index (χ4v) is 1.67. The van der Waals surface area contributed by atoms with Crippen LogP contribution in [-0.2, 0) is 0 Å². The van der Waals surface area contributed by atoms with E-state index in [4.69, 9.17) is 0 Å². The van der Waals surface area contributed by atoms with Gasteiger partial charge in [-0.3, -0.25) is 4.79 Å². The molecule has 0 saturated carbocycles. The van der Waals surface area contributed by atoms with Gasteiger partial charge in [0.15, 0.2) is 5.78 Å². The van der Waals surface area contributed by atoms with Gasteiger partial charge in [0.05, 0.1) is 11.1 Å². The number of hydrogen-bond acceptors (Lipinski definition) is 5. The highest BCUT2D eigenvalue weighted by Crippen LogP contribution is 2.12. The lowest BCUT2D eigenvalue weighted by Gasteiger charge is -2.05. The van der Waals surface area contributed by atoms with Crippen LogP contribution in [0.5, 0.6) is 0 Å². The number of nitrogens with zero attached hydrogens (tertiary/aromatic N) is 4. The molecule has 0 spiro atoms. The third-order valence-corrected chi connectivity index (χ3v) is 2.90. The second-order valence-electron chi connectivity index (χ2n) is 5.30. The maximum atomic E-state index is 12.2. The summed E-state index contributed by atoms with van der Waals surface area (Å²) < 4.78 is 0. The van der Waals surface area contributed by atoms with Crippen LogP contribution in [0.2, 0.25) is 0 Å². The number of hydrogen-bond donors (Lipinski definition) is 0. The van der Waals surface area contributed by atoms with Crippen molar-refractivity contribution in [2.24, 2.45) is 0 Å². The Balaban J connectivity index is 2.22. The lowest BCUT2D eigenvalue weighted by atomic mass is 10.1. The van der Waals surface area contributed by atoms with Crippen LogP contribution in [0.3, 0.4) is 0 Å². The molecule has 104 valence electrons. The Morgan fingerprint density at radius 2 is 1.05 bits per heavy atom. The minimum atomic E-state index is -0.157. The van der Waals surface area contributed by atoms with Gasteiger partial charge in [-0.2, -0.15) is 0 Å². The molecular formula is C15H18N4O. The predicted molar refractivity (Wildman–Crippen MR) is 75.7 cm³/mol. The van der Waals surface area contributed by atoms with Crippen molar-refractivity contribution in [3.63, 3.8) is 0 Å². The van der Waals surface area contributed by atoms with E-state index in [1.54, 1.807) is 24.8 Å². The number of carbonyl (C=O) groups is 1. The molecule has 0 radical (unpaired) electrons. The molecule has 2 heterocycles. The van der Waals surface area contributed by atoms with Gasteiger partial charge >= 0.3 is 0 Å². The highest BCUT2D eigenvalue weighted by Gasteiger charge is 2.13.